The van der Waals surface area contributed by atoms with Crippen LogP contribution in [0.3, 0.4) is 0 Å². The van der Waals surface area contributed by atoms with Crippen LogP contribution < -0.4 is 10.6 Å². The lowest BCUT2D eigenvalue weighted by atomic mass is 10.1. The maximum Gasteiger partial charge on any atom is 0.212 e. The van der Waals surface area contributed by atoms with Gasteiger partial charge in [0.1, 0.15) is 5.01 Å². The van der Waals surface area contributed by atoms with Crippen LogP contribution in [0.15, 0.2) is 29.3 Å². The lowest BCUT2D eigenvalue weighted by Gasteiger charge is -2.17. The Balaban J connectivity index is 1.77. The summed E-state index contributed by atoms with van der Waals surface area (Å²) in [4.78, 5) is 4.42. The summed E-state index contributed by atoms with van der Waals surface area (Å²) in [6.07, 6.45) is 0. The fourth-order valence-corrected chi connectivity index (χ4v) is 2.88. The van der Waals surface area contributed by atoms with Gasteiger partial charge in [-0.3, -0.25) is 4.99 Å². The summed E-state index contributed by atoms with van der Waals surface area (Å²) in [5, 5.41) is 16.6. The van der Waals surface area contributed by atoms with Crippen LogP contribution in [0.25, 0.3) is 10.6 Å². The third kappa shape index (κ3) is 2.65. The van der Waals surface area contributed by atoms with E-state index in [2.05, 4.69) is 58.7 Å². The first-order valence-corrected chi connectivity index (χ1v) is 7.34. The molecule has 104 valence electrons. The summed E-state index contributed by atoms with van der Waals surface area (Å²) in [5.41, 5.74) is 2.33. The molecule has 0 saturated carbocycles. The largest absolute Gasteiger partial charge is 0.349 e. The molecule has 0 aliphatic carbocycles. The number of hydrogen-bond acceptors (Lipinski definition) is 6. The highest BCUT2D eigenvalue weighted by Crippen LogP contribution is 2.28. The molecule has 1 aliphatic heterocycles. The number of nitrogens with one attached hydrogen (secondary N) is 2. The second-order valence-electron chi connectivity index (χ2n) is 5.53. The lowest BCUT2D eigenvalue weighted by Crippen LogP contribution is -2.42. The van der Waals surface area contributed by atoms with Gasteiger partial charge in [-0.15, -0.1) is 10.2 Å². The summed E-state index contributed by atoms with van der Waals surface area (Å²) in [7, 11) is 0. The van der Waals surface area contributed by atoms with Crippen molar-refractivity contribution in [1.82, 2.24) is 15.5 Å². The smallest absolute Gasteiger partial charge is 0.212 e. The van der Waals surface area contributed by atoms with Crippen molar-refractivity contribution in [3.05, 3.63) is 29.8 Å². The lowest BCUT2D eigenvalue weighted by molar-refractivity contribution is 0.506. The van der Waals surface area contributed by atoms with E-state index < -0.39 is 0 Å². The summed E-state index contributed by atoms with van der Waals surface area (Å²) >= 11 is 1.53. The molecule has 1 aromatic carbocycles. The highest BCUT2D eigenvalue weighted by atomic mass is 32.1. The Labute approximate surface area is 122 Å². The first kappa shape index (κ1) is 13.1. The van der Waals surface area contributed by atoms with Crippen molar-refractivity contribution < 1.29 is 0 Å². The van der Waals surface area contributed by atoms with Gasteiger partial charge in [-0.1, -0.05) is 35.6 Å². The van der Waals surface area contributed by atoms with Gasteiger partial charge in [0.05, 0.1) is 12.1 Å². The van der Waals surface area contributed by atoms with Gasteiger partial charge in [-0.25, -0.2) is 0 Å². The molecule has 20 heavy (non-hydrogen) atoms. The zero-order valence-electron chi connectivity index (χ0n) is 11.8. The molecule has 0 amide bonds. The van der Waals surface area contributed by atoms with Crippen LogP contribution in [-0.2, 0) is 0 Å². The van der Waals surface area contributed by atoms with E-state index in [1.54, 1.807) is 0 Å². The topological polar surface area (TPSA) is 62.2 Å². The monoisotopic (exact) mass is 287 g/mol. The Morgan fingerprint density at radius 1 is 1.25 bits per heavy atom. The Kier molecular flexibility index (Phi) is 3.17. The van der Waals surface area contributed by atoms with Gasteiger partial charge >= 0.3 is 0 Å². The number of benzene rings is 1. The molecule has 1 aromatic heterocycles. The number of rotatable bonds is 2. The van der Waals surface area contributed by atoms with Gasteiger partial charge in [-0.05, 0) is 26.3 Å². The van der Waals surface area contributed by atoms with Gasteiger partial charge in [0.2, 0.25) is 5.13 Å². The highest BCUT2D eigenvalue weighted by Gasteiger charge is 2.25. The number of hydrogen-bond donors (Lipinski definition) is 2. The third-order valence-corrected chi connectivity index (χ3v) is 3.99. The molecule has 2 N–H and O–H groups in total. The summed E-state index contributed by atoms with van der Waals surface area (Å²) in [6.45, 7) is 7.07. The van der Waals surface area contributed by atoms with E-state index in [0.29, 0.717) is 0 Å². The molecule has 0 bridgehead atoms. The van der Waals surface area contributed by atoms with Gasteiger partial charge in [0.25, 0.3) is 0 Å². The van der Waals surface area contributed by atoms with Crippen molar-refractivity contribution in [3.63, 3.8) is 0 Å². The number of anilines is 1. The van der Waals surface area contributed by atoms with Gasteiger partial charge < -0.3 is 10.6 Å². The zero-order valence-corrected chi connectivity index (χ0v) is 12.6. The Morgan fingerprint density at radius 3 is 2.75 bits per heavy atom. The summed E-state index contributed by atoms with van der Waals surface area (Å²) in [5.74, 6) is 0.766. The minimum atomic E-state index is 0.00582. The molecule has 0 saturated heterocycles. The van der Waals surface area contributed by atoms with Gasteiger partial charge in [0.15, 0.2) is 5.96 Å². The van der Waals surface area contributed by atoms with Crippen LogP contribution in [-0.4, -0.2) is 28.2 Å². The Hall–Kier alpha value is -1.95. The molecule has 1 aliphatic rings. The van der Waals surface area contributed by atoms with Crippen LogP contribution in [0.2, 0.25) is 0 Å². The van der Waals surface area contributed by atoms with Crippen LogP contribution >= 0.6 is 11.3 Å². The molecule has 0 unspecified atom stereocenters. The fraction of sp³-hybridized carbons (Fsp3) is 0.357. The molecule has 0 atom stereocenters. The van der Waals surface area contributed by atoms with E-state index >= 15 is 0 Å². The van der Waals surface area contributed by atoms with Crippen LogP contribution in [0.5, 0.6) is 0 Å². The average molecular weight is 287 g/mol. The van der Waals surface area contributed by atoms with E-state index in [0.717, 1.165) is 28.2 Å². The average Bonchev–Trinajstić information content (AvgIpc) is 2.97. The second-order valence-corrected chi connectivity index (χ2v) is 6.50. The summed E-state index contributed by atoms with van der Waals surface area (Å²) in [6, 6.07) is 8.18. The fourth-order valence-electron chi connectivity index (χ4n) is 2.04. The minimum Gasteiger partial charge on any atom is -0.349 e. The third-order valence-electron chi connectivity index (χ3n) is 3.12. The first-order chi connectivity index (χ1) is 9.53. The second kappa shape index (κ2) is 4.86. The number of aryl methyl sites for hydroxylation is 1. The molecule has 2 aromatic rings. The van der Waals surface area contributed by atoms with Crippen molar-refractivity contribution in [3.8, 4) is 10.6 Å². The van der Waals surface area contributed by atoms with Gasteiger partial charge in [-0.2, -0.15) is 0 Å². The number of aliphatic imine (C=N–C) groups is 1. The van der Waals surface area contributed by atoms with E-state index in [1.807, 2.05) is 12.1 Å². The standard InChI is InChI=1S/C14H17N5S/c1-9-6-4-5-7-10(9)11-18-19-13(20-11)16-12-15-8-14(2,3)17-12/h4-7H,8H2,1-3H3,(H2,15,16,17,19). The zero-order chi connectivity index (χ0) is 14.2. The van der Waals surface area contributed by atoms with Gasteiger partial charge in [0, 0.05) is 5.56 Å². The molecular weight excluding hydrogens is 270 g/mol. The van der Waals surface area contributed by atoms with Crippen molar-refractivity contribution >= 4 is 22.4 Å². The van der Waals surface area contributed by atoms with Crippen LogP contribution in [0.4, 0.5) is 5.13 Å². The number of guanidine groups is 1. The Morgan fingerprint density at radius 2 is 2.05 bits per heavy atom. The maximum absolute atomic E-state index is 4.42. The summed E-state index contributed by atoms with van der Waals surface area (Å²) < 4.78 is 0. The van der Waals surface area contributed by atoms with Crippen molar-refractivity contribution in [2.24, 2.45) is 4.99 Å². The SMILES string of the molecule is Cc1ccccc1-c1nnc(NC2=NCC(C)(C)N2)s1. The molecule has 5 nitrogen and oxygen atoms in total. The maximum atomic E-state index is 4.42. The minimum absolute atomic E-state index is 0.00582. The predicted molar refractivity (Wildman–Crippen MR) is 83.2 cm³/mol. The van der Waals surface area contributed by atoms with Crippen LogP contribution in [0, 0.1) is 6.92 Å². The molecule has 0 radical (unpaired) electrons. The highest BCUT2D eigenvalue weighted by molar-refractivity contribution is 7.18. The number of aromatic nitrogens is 2. The molecule has 6 heteroatoms. The normalized spacial score (nSPS) is 16.6. The quantitative estimate of drug-likeness (QED) is 0.891. The molecule has 3 rings (SSSR count). The number of nitrogens with zero attached hydrogens (tertiary/aromatic N) is 3. The first-order valence-electron chi connectivity index (χ1n) is 6.53. The van der Waals surface area contributed by atoms with Crippen molar-refractivity contribution in [2.75, 3.05) is 11.9 Å². The van der Waals surface area contributed by atoms with E-state index in [1.165, 1.54) is 16.9 Å². The Bertz CT molecular complexity index is 659. The molecule has 0 spiro atoms. The van der Waals surface area contributed by atoms with E-state index in [4.69, 9.17) is 0 Å². The molecular formula is C14H17N5S. The predicted octanol–water partition coefficient (Wildman–Crippen LogP) is 2.66. The molecule has 2 heterocycles. The van der Waals surface area contributed by atoms with Crippen LogP contribution in [0.1, 0.15) is 19.4 Å². The van der Waals surface area contributed by atoms with Crippen molar-refractivity contribution in [2.45, 2.75) is 26.3 Å². The molecule has 0 fully saturated rings. The van der Waals surface area contributed by atoms with E-state index in [-0.39, 0.29) is 5.54 Å². The van der Waals surface area contributed by atoms with Crippen molar-refractivity contribution in [1.29, 1.82) is 0 Å². The van der Waals surface area contributed by atoms with E-state index in [9.17, 15) is 0 Å².